The number of nitrogens with zero attached hydrogens (tertiary/aromatic N) is 2. The molecular weight excluding hydrogens is 328 g/mol. The fourth-order valence-electron chi connectivity index (χ4n) is 2.36. The van der Waals surface area contributed by atoms with Gasteiger partial charge in [-0.3, -0.25) is 0 Å². The third-order valence-corrected chi connectivity index (χ3v) is 3.72. The van der Waals surface area contributed by atoms with Crippen molar-refractivity contribution in [1.29, 1.82) is 0 Å². The van der Waals surface area contributed by atoms with Crippen molar-refractivity contribution in [3.63, 3.8) is 0 Å². The minimum absolute atomic E-state index is 0.300. The van der Waals surface area contributed by atoms with E-state index in [9.17, 15) is 4.79 Å². The van der Waals surface area contributed by atoms with E-state index in [2.05, 4.69) is 4.98 Å². The number of halogens is 1. The molecule has 3 rings (SSSR count). The van der Waals surface area contributed by atoms with Gasteiger partial charge in [0.15, 0.2) is 5.82 Å². The van der Waals surface area contributed by atoms with Crippen LogP contribution in [-0.2, 0) is 9.53 Å². The molecule has 2 aromatic carbocycles. The molecule has 124 valence electrons. The number of carbonyl (C=O) groups excluding carboxylic acids is 1. The fourth-order valence-corrected chi connectivity index (χ4v) is 2.53. The summed E-state index contributed by atoms with van der Waals surface area (Å²) in [6.07, 6.45) is -0.774. The highest BCUT2D eigenvalue weighted by Gasteiger charge is 2.21. The van der Waals surface area contributed by atoms with Crippen LogP contribution >= 0.6 is 11.6 Å². The van der Waals surface area contributed by atoms with E-state index in [0.29, 0.717) is 23.0 Å². The predicted molar refractivity (Wildman–Crippen MR) is 92.9 cm³/mol. The molecule has 1 aromatic heterocycles. The first kappa shape index (κ1) is 16.3. The van der Waals surface area contributed by atoms with Gasteiger partial charge in [-0.1, -0.05) is 41.9 Å². The zero-order chi connectivity index (χ0) is 17.1. The Kier molecular flexibility index (Phi) is 4.71. The first-order valence-electron chi connectivity index (χ1n) is 7.67. The number of carbonyl (C=O) groups is 1. The van der Waals surface area contributed by atoms with Gasteiger partial charge in [0.05, 0.1) is 12.1 Å². The Hall–Kier alpha value is -2.53. The average molecular weight is 345 g/mol. The quantitative estimate of drug-likeness (QED) is 0.662. The molecule has 0 amide bonds. The van der Waals surface area contributed by atoms with Gasteiger partial charge >= 0.3 is 5.97 Å². The number of hydrogen-bond donors (Lipinski definition) is 0. The van der Waals surface area contributed by atoms with Crippen molar-refractivity contribution in [3.8, 4) is 11.4 Å². The van der Waals surface area contributed by atoms with Crippen LogP contribution < -0.4 is 4.84 Å². The van der Waals surface area contributed by atoms with Crippen molar-refractivity contribution in [1.82, 2.24) is 9.71 Å². The molecule has 0 saturated carbocycles. The third kappa shape index (κ3) is 3.21. The van der Waals surface area contributed by atoms with Crippen LogP contribution in [0.3, 0.4) is 0 Å². The molecule has 0 aliphatic heterocycles. The van der Waals surface area contributed by atoms with Crippen LogP contribution in [0.4, 0.5) is 0 Å². The Labute approximate surface area is 144 Å². The van der Waals surface area contributed by atoms with Crippen molar-refractivity contribution in [2.24, 2.45) is 0 Å². The lowest BCUT2D eigenvalue weighted by Gasteiger charge is -2.16. The number of benzene rings is 2. The normalized spacial score (nSPS) is 12.1. The van der Waals surface area contributed by atoms with Crippen molar-refractivity contribution in [3.05, 3.63) is 53.6 Å². The van der Waals surface area contributed by atoms with E-state index in [1.54, 1.807) is 26.0 Å². The molecule has 0 aliphatic rings. The maximum Gasteiger partial charge on any atom is 0.349 e. The van der Waals surface area contributed by atoms with Gasteiger partial charge in [-0.2, -0.15) is 4.73 Å². The van der Waals surface area contributed by atoms with Crippen molar-refractivity contribution in [2.45, 2.75) is 20.0 Å². The average Bonchev–Trinajstić information content (AvgIpc) is 2.94. The Balaban J connectivity index is 2.09. The zero-order valence-electron chi connectivity index (χ0n) is 13.4. The highest BCUT2D eigenvalue weighted by molar-refractivity contribution is 6.31. The molecular formula is C18H17ClN2O3. The molecule has 1 heterocycles. The lowest BCUT2D eigenvalue weighted by atomic mass is 10.2. The summed E-state index contributed by atoms with van der Waals surface area (Å²) in [5, 5.41) is 0.565. The molecule has 0 fully saturated rings. The molecule has 6 heteroatoms. The zero-order valence-corrected chi connectivity index (χ0v) is 14.2. The second kappa shape index (κ2) is 6.93. The van der Waals surface area contributed by atoms with Gasteiger partial charge in [0.25, 0.3) is 0 Å². The van der Waals surface area contributed by atoms with Gasteiger partial charge in [-0.05, 0) is 32.0 Å². The number of imidazole rings is 1. The highest BCUT2D eigenvalue weighted by atomic mass is 35.5. The summed E-state index contributed by atoms with van der Waals surface area (Å²) in [6.45, 7) is 3.70. The van der Waals surface area contributed by atoms with E-state index in [4.69, 9.17) is 21.2 Å². The number of aromatic nitrogens is 2. The van der Waals surface area contributed by atoms with E-state index in [0.717, 1.165) is 11.1 Å². The van der Waals surface area contributed by atoms with Gasteiger partial charge in [-0.15, -0.1) is 0 Å². The Morgan fingerprint density at radius 2 is 2.00 bits per heavy atom. The summed E-state index contributed by atoms with van der Waals surface area (Å²) < 4.78 is 6.55. The number of rotatable bonds is 5. The molecule has 0 bridgehead atoms. The van der Waals surface area contributed by atoms with Crippen LogP contribution in [0.1, 0.15) is 13.8 Å². The van der Waals surface area contributed by atoms with Crippen LogP contribution in [0.25, 0.3) is 22.4 Å². The predicted octanol–water partition coefficient (Wildman–Crippen LogP) is 3.74. The van der Waals surface area contributed by atoms with Gasteiger partial charge in [0.1, 0.15) is 5.52 Å². The summed E-state index contributed by atoms with van der Waals surface area (Å²) in [5.74, 6) is 0.171. The van der Waals surface area contributed by atoms with Gasteiger partial charge in [0, 0.05) is 10.6 Å². The number of esters is 1. The summed E-state index contributed by atoms with van der Waals surface area (Å²) in [6, 6.07) is 15.0. The van der Waals surface area contributed by atoms with E-state index in [-0.39, 0.29) is 0 Å². The number of hydrogen-bond acceptors (Lipinski definition) is 4. The minimum atomic E-state index is -0.774. The molecule has 24 heavy (non-hydrogen) atoms. The standard InChI is InChI=1S/C18H17ClN2O3/c1-3-23-18(22)12(2)24-21-16-11-14(19)9-10-15(16)20-17(21)13-7-5-4-6-8-13/h4-12H,3H2,1-2H3/t12-/m0/s1. The van der Waals surface area contributed by atoms with E-state index in [1.165, 1.54) is 4.73 Å². The highest BCUT2D eigenvalue weighted by Crippen LogP contribution is 2.26. The molecule has 3 aromatic rings. The first-order valence-corrected chi connectivity index (χ1v) is 8.05. The monoisotopic (exact) mass is 344 g/mol. The van der Waals surface area contributed by atoms with Crippen LogP contribution in [0.15, 0.2) is 48.5 Å². The Bertz CT molecular complexity index is 861. The fraction of sp³-hybridized carbons (Fsp3) is 0.222. The van der Waals surface area contributed by atoms with Crippen LogP contribution in [0.2, 0.25) is 5.02 Å². The molecule has 5 nitrogen and oxygen atoms in total. The number of ether oxygens (including phenoxy) is 1. The number of fused-ring (bicyclic) bond motifs is 1. The molecule has 0 radical (unpaired) electrons. The van der Waals surface area contributed by atoms with Crippen molar-refractivity contribution < 1.29 is 14.4 Å². The first-order chi connectivity index (χ1) is 11.6. The van der Waals surface area contributed by atoms with E-state index in [1.807, 2.05) is 36.4 Å². The Morgan fingerprint density at radius 1 is 1.25 bits per heavy atom. The maximum atomic E-state index is 11.9. The third-order valence-electron chi connectivity index (χ3n) is 3.49. The maximum absolute atomic E-state index is 11.9. The van der Waals surface area contributed by atoms with Crippen LogP contribution in [0, 0.1) is 0 Å². The summed E-state index contributed by atoms with van der Waals surface area (Å²) in [5.41, 5.74) is 2.30. The van der Waals surface area contributed by atoms with E-state index >= 15 is 0 Å². The topological polar surface area (TPSA) is 53.4 Å². The van der Waals surface area contributed by atoms with Crippen molar-refractivity contribution >= 4 is 28.6 Å². The van der Waals surface area contributed by atoms with Gasteiger partial charge in [-0.25, -0.2) is 9.78 Å². The molecule has 0 N–H and O–H groups in total. The summed E-state index contributed by atoms with van der Waals surface area (Å²) in [4.78, 5) is 22.4. The van der Waals surface area contributed by atoms with Gasteiger partial charge < -0.3 is 9.57 Å². The minimum Gasteiger partial charge on any atom is -0.463 e. The van der Waals surface area contributed by atoms with Crippen molar-refractivity contribution in [2.75, 3.05) is 6.61 Å². The molecule has 0 unspecified atom stereocenters. The second-order valence-electron chi connectivity index (χ2n) is 5.23. The molecule has 0 spiro atoms. The lowest BCUT2D eigenvalue weighted by molar-refractivity contribution is -0.155. The van der Waals surface area contributed by atoms with E-state index < -0.39 is 12.1 Å². The SMILES string of the molecule is CCOC(=O)[C@H](C)On1c(-c2ccccc2)nc2ccc(Cl)cc21. The van der Waals surface area contributed by atoms with Crippen LogP contribution in [-0.4, -0.2) is 28.4 Å². The molecule has 0 saturated heterocycles. The summed E-state index contributed by atoms with van der Waals surface area (Å²) >= 11 is 6.11. The molecule has 1 atom stereocenters. The summed E-state index contributed by atoms with van der Waals surface area (Å²) in [7, 11) is 0. The largest absolute Gasteiger partial charge is 0.463 e. The molecule has 0 aliphatic carbocycles. The Morgan fingerprint density at radius 3 is 2.71 bits per heavy atom. The second-order valence-corrected chi connectivity index (χ2v) is 5.66. The van der Waals surface area contributed by atoms with Gasteiger partial charge in [0.2, 0.25) is 6.10 Å². The smallest absolute Gasteiger partial charge is 0.349 e. The lowest BCUT2D eigenvalue weighted by Crippen LogP contribution is -2.32. The van der Waals surface area contributed by atoms with Crippen LogP contribution in [0.5, 0.6) is 0 Å².